The van der Waals surface area contributed by atoms with Crippen molar-refractivity contribution in [1.82, 2.24) is 15.2 Å². The zero-order valence-corrected chi connectivity index (χ0v) is 12.7. The fourth-order valence-corrected chi connectivity index (χ4v) is 3.39. The van der Waals surface area contributed by atoms with Gasteiger partial charge in [-0.1, -0.05) is 11.6 Å². The highest BCUT2D eigenvalue weighted by Crippen LogP contribution is 2.22. The number of hydrogen-bond acceptors (Lipinski definition) is 4. The fraction of sp³-hybridized carbons (Fsp3) is 0.769. The number of hydrogen-bond donors (Lipinski definition) is 1. The van der Waals surface area contributed by atoms with E-state index in [4.69, 9.17) is 11.6 Å². The first-order chi connectivity index (χ1) is 8.65. The van der Waals surface area contributed by atoms with Crippen molar-refractivity contribution in [2.45, 2.75) is 39.3 Å². The van der Waals surface area contributed by atoms with Gasteiger partial charge in [-0.15, -0.1) is 11.3 Å². The molecule has 1 aliphatic rings. The minimum Gasteiger partial charge on any atom is -0.316 e. The Morgan fingerprint density at radius 1 is 1.61 bits per heavy atom. The number of aromatic nitrogens is 1. The van der Waals surface area contributed by atoms with Gasteiger partial charge in [-0.3, -0.25) is 4.90 Å². The lowest BCUT2D eigenvalue weighted by Crippen LogP contribution is -2.40. The monoisotopic (exact) mass is 287 g/mol. The molecule has 0 saturated carbocycles. The maximum absolute atomic E-state index is 5.94. The quantitative estimate of drug-likeness (QED) is 0.902. The molecule has 0 aromatic carbocycles. The predicted molar refractivity (Wildman–Crippen MR) is 78.3 cm³/mol. The molecule has 18 heavy (non-hydrogen) atoms. The van der Waals surface area contributed by atoms with Crippen molar-refractivity contribution in [3.05, 3.63) is 15.5 Å². The average molecular weight is 288 g/mol. The summed E-state index contributed by atoms with van der Waals surface area (Å²) in [5.41, 5.74) is 0. The van der Waals surface area contributed by atoms with Crippen LogP contribution in [0.4, 0.5) is 0 Å². The molecule has 0 bridgehead atoms. The van der Waals surface area contributed by atoms with E-state index in [1.54, 1.807) is 17.5 Å². The number of thiazole rings is 1. The second-order valence-corrected chi connectivity index (χ2v) is 7.04. The second kappa shape index (κ2) is 6.85. The molecule has 2 heterocycles. The van der Waals surface area contributed by atoms with Gasteiger partial charge < -0.3 is 5.32 Å². The number of halogens is 1. The van der Waals surface area contributed by atoms with E-state index in [0.29, 0.717) is 6.04 Å². The van der Waals surface area contributed by atoms with Gasteiger partial charge in [-0.05, 0) is 45.7 Å². The Morgan fingerprint density at radius 3 is 3.00 bits per heavy atom. The molecule has 1 aliphatic heterocycles. The SMILES string of the molecule is CC(C)N(Cc1ncc(Cl)s1)CC1CCCNC1. The van der Waals surface area contributed by atoms with Crippen molar-refractivity contribution < 1.29 is 0 Å². The highest BCUT2D eigenvalue weighted by Gasteiger charge is 2.19. The molecule has 1 unspecified atom stereocenters. The van der Waals surface area contributed by atoms with Crippen LogP contribution in [0, 0.1) is 5.92 Å². The van der Waals surface area contributed by atoms with Gasteiger partial charge in [-0.25, -0.2) is 4.98 Å². The van der Waals surface area contributed by atoms with Gasteiger partial charge >= 0.3 is 0 Å². The summed E-state index contributed by atoms with van der Waals surface area (Å²) in [4.78, 5) is 6.87. The summed E-state index contributed by atoms with van der Waals surface area (Å²) in [6.45, 7) is 8.92. The molecule has 1 aromatic heterocycles. The van der Waals surface area contributed by atoms with Gasteiger partial charge in [0.15, 0.2) is 0 Å². The van der Waals surface area contributed by atoms with Crippen molar-refractivity contribution >= 4 is 22.9 Å². The number of nitrogens with one attached hydrogen (secondary N) is 1. The van der Waals surface area contributed by atoms with Crippen LogP contribution in [0.5, 0.6) is 0 Å². The Hall–Kier alpha value is -0.160. The smallest absolute Gasteiger partial charge is 0.113 e. The van der Waals surface area contributed by atoms with Crippen LogP contribution < -0.4 is 5.32 Å². The first-order valence-electron chi connectivity index (χ1n) is 6.70. The van der Waals surface area contributed by atoms with Crippen LogP contribution in [0.1, 0.15) is 31.7 Å². The van der Waals surface area contributed by atoms with Crippen molar-refractivity contribution in [3.63, 3.8) is 0 Å². The van der Waals surface area contributed by atoms with Crippen LogP contribution in [0.3, 0.4) is 0 Å². The van der Waals surface area contributed by atoms with Crippen molar-refractivity contribution in [3.8, 4) is 0 Å². The summed E-state index contributed by atoms with van der Waals surface area (Å²) in [6, 6.07) is 0.551. The van der Waals surface area contributed by atoms with E-state index in [9.17, 15) is 0 Å². The Balaban J connectivity index is 1.90. The lowest BCUT2D eigenvalue weighted by Gasteiger charge is -2.32. The van der Waals surface area contributed by atoms with Crippen molar-refractivity contribution in [2.24, 2.45) is 5.92 Å². The second-order valence-electron chi connectivity index (χ2n) is 5.29. The van der Waals surface area contributed by atoms with Gasteiger partial charge in [-0.2, -0.15) is 0 Å². The number of rotatable bonds is 5. The van der Waals surface area contributed by atoms with E-state index in [-0.39, 0.29) is 0 Å². The lowest BCUT2D eigenvalue weighted by molar-refractivity contribution is 0.164. The van der Waals surface area contributed by atoms with Crippen LogP contribution in [0.15, 0.2) is 6.20 Å². The van der Waals surface area contributed by atoms with E-state index in [0.717, 1.165) is 34.9 Å². The van der Waals surface area contributed by atoms with Crippen LogP contribution in [-0.2, 0) is 6.54 Å². The van der Waals surface area contributed by atoms with Gasteiger partial charge in [0, 0.05) is 12.6 Å². The largest absolute Gasteiger partial charge is 0.316 e. The minimum absolute atomic E-state index is 0.551. The molecule has 1 fully saturated rings. The molecule has 1 atom stereocenters. The molecule has 3 nitrogen and oxygen atoms in total. The predicted octanol–water partition coefficient (Wildman–Crippen LogP) is 3.01. The lowest BCUT2D eigenvalue weighted by atomic mass is 9.98. The molecule has 1 aromatic rings. The van der Waals surface area contributed by atoms with E-state index in [1.165, 1.54) is 19.4 Å². The van der Waals surface area contributed by atoms with Crippen LogP contribution in [0.25, 0.3) is 0 Å². The standard InChI is InChI=1S/C13H22ClN3S/c1-10(2)17(8-11-4-3-5-15-6-11)9-13-16-7-12(14)18-13/h7,10-11,15H,3-6,8-9H2,1-2H3. The Morgan fingerprint density at radius 2 is 2.44 bits per heavy atom. The zero-order chi connectivity index (χ0) is 13.0. The summed E-state index contributed by atoms with van der Waals surface area (Å²) in [7, 11) is 0. The molecular formula is C13H22ClN3S. The third-order valence-corrected chi connectivity index (χ3v) is 4.59. The number of piperidine rings is 1. The van der Waals surface area contributed by atoms with Crippen molar-refractivity contribution in [1.29, 1.82) is 0 Å². The third kappa shape index (κ3) is 4.19. The molecule has 1 saturated heterocycles. The molecule has 2 rings (SSSR count). The molecule has 0 spiro atoms. The highest BCUT2D eigenvalue weighted by molar-refractivity contribution is 7.15. The van der Waals surface area contributed by atoms with Crippen LogP contribution in [0.2, 0.25) is 4.34 Å². The number of nitrogens with zero attached hydrogens (tertiary/aromatic N) is 2. The maximum atomic E-state index is 5.94. The third-order valence-electron chi connectivity index (χ3n) is 3.49. The van der Waals surface area contributed by atoms with E-state index >= 15 is 0 Å². The Labute approximate surface area is 119 Å². The average Bonchev–Trinajstić information content (AvgIpc) is 2.75. The fourth-order valence-electron chi connectivity index (χ4n) is 2.40. The Kier molecular flexibility index (Phi) is 5.42. The van der Waals surface area contributed by atoms with Crippen molar-refractivity contribution in [2.75, 3.05) is 19.6 Å². The maximum Gasteiger partial charge on any atom is 0.113 e. The molecule has 102 valence electrons. The van der Waals surface area contributed by atoms with Crippen LogP contribution >= 0.6 is 22.9 Å². The summed E-state index contributed by atoms with van der Waals surface area (Å²) in [5, 5.41) is 4.61. The first-order valence-corrected chi connectivity index (χ1v) is 7.89. The highest BCUT2D eigenvalue weighted by atomic mass is 35.5. The molecule has 0 aliphatic carbocycles. The van der Waals surface area contributed by atoms with Gasteiger partial charge in [0.1, 0.15) is 9.34 Å². The molecular weight excluding hydrogens is 266 g/mol. The van der Waals surface area contributed by atoms with E-state index in [1.807, 2.05) is 0 Å². The first kappa shape index (κ1) is 14.3. The van der Waals surface area contributed by atoms with E-state index in [2.05, 4.69) is 29.0 Å². The Bertz CT molecular complexity index is 361. The zero-order valence-electron chi connectivity index (χ0n) is 11.2. The topological polar surface area (TPSA) is 28.2 Å². The minimum atomic E-state index is 0.551. The molecule has 5 heteroatoms. The van der Waals surface area contributed by atoms with Gasteiger partial charge in [0.2, 0.25) is 0 Å². The van der Waals surface area contributed by atoms with E-state index < -0.39 is 0 Å². The summed E-state index contributed by atoms with van der Waals surface area (Å²) >= 11 is 7.54. The molecule has 0 amide bonds. The van der Waals surface area contributed by atoms with Gasteiger partial charge in [0.25, 0.3) is 0 Å². The summed E-state index contributed by atoms with van der Waals surface area (Å²) < 4.78 is 0.785. The molecule has 0 radical (unpaired) electrons. The normalized spacial score (nSPS) is 20.8. The van der Waals surface area contributed by atoms with Gasteiger partial charge in [0.05, 0.1) is 12.7 Å². The summed E-state index contributed by atoms with van der Waals surface area (Å²) in [5.74, 6) is 0.775. The summed E-state index contributed by atoms with van der Waals surface area (Å²) in [6.07, 6.45) is 4.40. The molecule has 1 N–H and O–H groups in total. The van der Waals surface area contributed by atoms with Crippen LogP contribution in [-0.4, -0.2) is 35.6 Å².